The normalized spacial score (nSPS) is 10.8. The molecule has 0 spiro atoms. The molecule has 0 aliphatic carbocycles. The molecule has 1 aromatic heterocycles. The van der Waals surface area contributed by atoms with Crippen molar-refractivity contribution < 1.29 is 4.79 Å². The fourth-order valence-corrected chi connectivity index (χ4v) is 3.07. The summed E-state index contributed by atoms with van der Waals surface area (Å²) in [6.45, 7) is 3.98. The van der Waals surface area contributed by atoms with Crippen LogP contribution < -0.4 is 5.32 Å². The maximum Gasteiger partial charge on any atom is 0.255 e. The van der Waals surface area contributed by atoms with Crippen LogP contribution in [0.15, 0.2) is 73.1 Å². The van der Waals surface area contributed by atoms with Gasteiger partial charge in [0.05, 0.1) is 11.0 Å². The van der Waals surface area contributed by atoms with E-state index in [1.165, 1.54) is 0 Å². The zero-order valence-electron chi connectivity index (χ0n) is 14.7. The lowest BCUT2D eigenvalue weighted by molar-refractivity contribution is 0.102. The van der Waals surface area contributed by atoms with Crippen molar-refractivity contribution in [3.8, 4) is 5.69 Å². The van der Waals surface area contributed by atoms with E-state index in [9.17, 15) is 4.79 Å². The molecule has 4 rings (SSSR count). The molecular formula is C22H19N3O. The molecule has 4 heteroatoms. The number of para-hydroxylation sites is 2. The first-order valence-corrected chi connectivity index (χ1v) is 8.53. The molecule has 1 N–H and O–H groups in total. The summed E-state index contributed by atoms with van der Waals surface area (Å²) in [5.74, 6) is -0.0907. The van der Waals surface area contributed by atoms with E-state index in [0.29, 0.717) is 5.56 Å². The molecule has 0 bridgehead atoms. The summed E-state index contributed by atoms with van der Waals surface area (Å²) < 4.78 is 2.03. The number of carbonyl (C=O) groups excluding carboxylic acids is 1. The van der Waals surface area contributed by atoms with Gasteiger partial charge in [0.15, 0.2) is 0 Å². The lowest BCUT2D eigenvalue weighted by Gasteiger charge is -2.10. The van der Waals surface area contributed by atoms with Gasteiger partial charge in [-0.15, -0.1) is 0 Å². The van der Waals surface area contributed by atoms with Crippen LogP contribution in [0.4, 0.5) is 5.69 Å². The van der Waals surface area contributed by atoms with Gasteiger partial charge in [0, 0.05) is 16.9 Å². The first-order valence-electron chi connectivity index (χ1n) is 8.53. The van der Waals surface area contributed by atoms with Crippen molar-refractivity contribution in [3.05, 3.63) is 89.7 Å². The Morgan fingerprint density at radius 2 is 1.69 bits per heavy atom. The van der Waals surface area contributed by atoms with Crippen molar-refractivity contribution in [1.29, 1.82) is 0 Å². The van der Waals surface area contributed by atoms with Crippen molar-refractivity contribution >= 4 is 22.6 Å². The highest BCUT2D eigenvalue weighted by molar-refractivity contribution is 6.05. The van der Waals surface area contributed by atoms with Crippen LogP contribution in [-0.2, 0) is 0 Å². The second-order valence-corrected chi connectivity index (χ2v) is 6.35. The number of benzene rings is 3. The Labute approximate surface area is 152 Å². The van der Waals surface area contributed by atoms with Gasteiger partial charge in [-0.25, -0.2) is 4.98 Å². The molecule has 4 nitrogen and oxygen atoms in total. The van der Waals surface area contributed by atoms with Crippen LogP contribution in [-0.4, -0.2) is 15.5 Å². The van der Waals surface area contributed by atoms with Gasteiger partial charge < -0.3 is 5.32 Å². The Morgan fingerprint density at radius 3 is 2.50 bits per heavy atom. The van der Waals surface area contributed by atoms with Gasteiger partial charge in [0.1, 0.15) is 6.33 Å². The number of carbonyl (C=O) groups is 1. The Bertz CT molecular complexity index is 1090. The van der Waals surface area contributed by atoms with Crippen molar-refractivity contribution in [3.63, 3.8) is 0 Å². The van der Waals surface area contributed by atoms with Crippen LogP contribution in [0.3, 0.4) is 0 Å². The minimum atomic E-state index is -0.0907. The molecule has 0 fully saturated rings. The maximum atomic E-state index is 12.5. The number of hydrogen-bond donors (Lipinski definition) is 1. The average molecular weight is 341 g/mol. The SMILES string of the molecule is Cc1cccc(C(=O)Nc2ccc(-n3cnc4ccccc43)cc2)c1C. The van der Waals surface area contributed by atoms with E-state index in [-0.39, 0.29) is 5.91 Å². The molecule has 0 aliphatic heterocycles. The number of fused-ring (bicyclic) bond motifs is 1. The lowest BCUT2D eigenvalue weighted by atomic mass is 10.0. The predicted octanol–water partition coefficient (Wildman–Crippen LogP) is 4.89. The van der Waals surface area contributed by atoms with Crippen LogP contribution in [0, 0.1) is 13.8 Å². The highest BCUT2D eigenvalue weighted by Crippen LogP contribution is 2.20. The summed E-state index contributed by atoms with van der Waals surface area (Å²) >= 11 is 0. The Balaban J connectivity index is 1.58. The molecule has 1 heterocycles. The third-order valence-electron chi connectivity index (χ3n) is 4.71. The fraction of sp³-hybridized carbons (Fsp3) is 0.0909. The third kappa shape index (κ3) is 2.86. The first-order chi connectivity index (χ1) is 12.6. The molecule has 0 saturated heterocycles. The highest BCUT2D eigenvalue weighted by Gasteiger charge is 2.10. The summed E-state index contributed by atoms with van der Waals surface area (Å²) in [5, 5.41) is 2.97. The second-order valence-electron chi connectivity index (χ2n) is 6.35. The van der Waals surface area contributed by atoms with Crippen molar-refractivity contribution in [2.24, 2.45) is 0 Å². The van der Waals surface area contributed by atoms with Crippen LogP contribution in [0.2, 0.25) is 0 Å². The number of aryl methyl sites for hydroxylation is 1. The molecule has 0 aliphatic rings. The molecule has 0 unspecified atom stereocenters. The summed E-state index contributed by atoms with van der Waals surface area (Å²) in [6, 6.07) is 21.6. The molecule has 1 amide bonds. The Morgan fingerprint density at radius 1 is 0.923 bits per heavy atom. The molecule has 4 aromatic rings. The Kier molecular flexibility index (Phi) is 4.01. The second kappa shape index (κ2) is 6.48. The number of imidazole rings is 1. The predicted molar refractivity (Wildman–Crippen MR) is 105 cm³/mol. The fourth-order valence-electron chi connectivity index (χ4n) is 3.07. The van der Waals surface area contributed by atoms with E-state index in [4.69, 9.17) is 0 Å². The van der Waals surface area contributed by atoms with Crippen molar-refractivity contribution in [2.45, 2.75) is 13.8 Å². The van der Waals surface area contributed by atoms with E-state index in [1.807, 2.05) is 91.5 Å². The third-order valence-corrected chi connectivity index (χ3v) is 4.71. The maximum absolute atomic E-state index is 12.5. The largest absolute Gasteiger partial charge is 0.322 e. The van der Waals surface area contributed by atoms with Gasteiger partial charge in [-0.1, -0.05) is 24.3 Å². The number of hydrogen-bond acceptors (Lipinski definition) is 2. The first kappa shape index (κ1) is 16.1. The highest BCUT2D eigenvalue weighted by atomic mass is 16.1. The summed E-state index contributed by atoms with van der Waals surface area (Å²) in [5.41, 5.74) is 6.60. The number of amides is 1. The summed E-state index contributed by atoms with van der Waals surface area (Å²) in [7, 11) is 0. The van der Waals surface area contributed by atoms with Crippen LogP contribution in [0.5, 0.6) is 0 Å². The Hall–Kier alpha value is -3.40. The quantitative estimate of drug-likeness (QED) is 0.576. The van der Waals surface area contributed by atoms with Gasteiger partial charge in [-0.2, -0.15) is 0 Å². The standard InChI is InChI=1S/C22H19N3O/c1-15-6-5-7-19(16(15)2)22(26)24-17-10-12-18(13-11-17)25-14-23-20-8-3-4-9-21(20)25/h3-14H,1-2H3,(H,24,26). The molecule has 26 heavy (non-hydrogen) atoms. The van der Waals surface area contributed by atoms with E-state index in [0.717, 1.165) is 33.5 Å². The summed E-state index contributed by atoms with van der Waals surface area (Å²) in [6.07, 6.45) is 1.81. The van der Waals surface area contributed by atoms with E-state index < -0.39 is 0 Å². The van der Waals surface area contributed by atoms with Gasteiger partial charge in [0.2, 0.25) is 0 Å². The van der Waals surface area contributed by atoms with Crippen molar-refractivity contribution in [1.82, 2.24) is 9.55 Å². The summed E-state index contributed by atoms with van der Waals surface area (Å²) in [4.78, 5) is 17.0. The van der Waals surface area contributed by atoms with E-state index in [1.54, 1.807) is 0 Å². The van der Waals surface area contributed by atoms with Gasteiger partial charge in [0.25, 0.3) is 5.91 Å². The molecule has 0 radical (unpaired) electrons. The molecule has 128 valence electrons. The van der Waals surface area contributed by atoms with Gasteiger partial charge >= 0.3 is 0 Å². The molecular weight excluding hydrogens is 322 g/mol. The molecule has 0 saturated carbocycles. The smallest absolute Gasteiger partial charge is 0.255 e. The topological polar surface area (TPSA) is 46.9 Å². The average Bonchev–Trinajstić information content (AvgIpc) is 3.09. The van der Waals surface area contributed by atoms with Crippen molar-refractivity contribution in [2.75, 3.05) is 5.32 Å². The monoisotopic (exact) mass is 341 g/mol. The minimum absolute atomic E-state index is 0.0907. The molecule has 3 aromatic carbocycles. The van der Waals surface area contributed by atoms with Gasteiger partial charge in [-0.3, -0.25) is 9.36 Å². The number of nitrogens with one attached hydrogen (secondary N) is 1. The zero-order chi connectivity index (χ0) is 18.1. The van der Waals surface area contributed by atoms with Gasteiger partial charge in [-0.05, 0) is 67.4 Å². The van der Waals surface area contributed by atoms with E-state index in [2.05, 4.69) is 10.3 Å². The number of anilines is 1. The number of rotatable bonds is 3. The number of aromatic nitrogens is 2. The van der Waals surface area contributed by atoms with Crippen LogP contribution in [0.25, 0.3) is 16.7 Å². The molecule has 0 atom stereocenters. The van der Waals surface area contributed by atoms with Crippen LogP contribution >= 0.6 is 0 Å². The zero-order valence-corrected chi connectivity index (χ0v) is 14.7. The number of nitrogens with zero attached hydrogens (tertiary/aromatic N) is 2. The lowest BCUT2D eigenvalue weighted by Crippen LogP contribution is -2.13. The van der Waals surface area contributed by atoms with Crippen LogP contribution in [0.1, 0.15) is 21.5 Å². The minimum Gasteiger partial charge on any atom is -0.322 e. The van der Waals surface area contributed by atoms with E-state index >= 15 is 0 Å².